The number of halogens is 2. The molecule has 1 aromatic heterocycles. The molecule has 0 saturated heterocycles. The number of rotatable bonds is 4. The summed E-state index contributed by atoms with van der Waals surface area (Å²) in [5.41, 5.74) is -1.56. The zero-order chi connectivity index (χ0) is 21.3. The van der Waals surface area contributed by atoms with Crippen LogP contribution in [0.25, 0.3) is 16.9 Å². The van der Waals surface area contributed by atoms with E-state index < -0.39 is 51.9 Å². The molecule has 0 atom stereocenters. The van der Waals surface area contributed by atoms with E-state index in [1.165, 1.54) is 0 Å². The largest absolute Gasteiger partial charge is 0.504 e. The molecular formula is C19H14F2N2O6. The highest BCUT2D eigenvalue weighted by Gasteiger charge is 2.33. The van der Waals surface area contributed by atoms with Gasteiger partial charge in [0.25, 0.3) is 0 Å². The number of phenols is 2. The first kappa shape index (κ1) is 19.8. The van der Waals surface area contributed by atoms with Crippen LogP contribution in [0.4, 0.5) is 8.78 Å². The van der Waals surface area contributed by atoms with Crippen molar-refractivity contribution < 1.29 is 38.1 Å². The molecule has 0 unspecified atom stereocenters. The van der Waals surface area contributed by atoms with Crippen molar-refractivity contribution in [2.75, 3.05) is 14.2 Å². The first-order valence-electron chi connectivity index (χ1n) is 8.07. The van der Waals surface area contributed by atoms with E-state index in [0.717, 1.165) is 18.9 Å². The lowest BCUT2D eigenvalue weighted by molar-refractivity contribution is 0.0549. The van der Waals surface area contributed by atoms with Crippen LogP contribution in [0.5, 0.6) is 11.5 Å². The van der Waals surface area contributed by atoms with Crippen LogP contribution in [0.15, 0.2) is 36.4 Å². The van der Waals surface area contributed by atoms with E-state index in [0.29, 0.717) is 11.8 Å². The summed E-state index contributed by atoms with van der Waals surface area (Å²) in [6.45, 7) is 0. The third kappa shape index (κ3) is 3.24. The molecule has 0 radical (unpaired) electrons. The predicted molar refractivity (Wildman–Crippen MR) is 94.9 cm³/mol. The molecule has 0 bridgehead atoms. The minimum absolute atomic E-state index is 0.323. The minimum Gasteiger partial charge on any atom is -0.504 e. The smallest absolute Gasteiger partial charge is 0.357 e. The Bertz CT molecular complexity index is 1110. The number of phenolic OH excluding ortho intramolecular Hbond substituents is 2. The maximum atomic E-state index is 14.0. The fraction of sp³-hybridized carbons (Fsp3) is 0.105. The standard InChI is InChI=1S/C19H14F2N2O6/c1-28-18(26)12-14(10-8-11(20)17(25)13(21)16(10)24)22-23(15(12)19(27)29-2)9-6-4-3-5-7-9/h3-8,24-25H,1-2H3. The first-order chi connectivity index (χ1) is 13.8. The lowest BCUT2D eigenvalue weighted by atomic mass is 10.0. The monoisotopic (exact) mass is 404 g/mol. The van der Waals surface area contributed by atoms with Crippen molar-refractivity contribution in [1.82, 2.24) is 9.78 Å². The summed E-state index contributed by atoms with van der Waals surface area (Å²) in [7, 11) is 2.10. The Hall–Kier alpha value is -3.95. The van der Waals surface area contributed by atoms with Gasteiger partial charge in [-0.15, -0.1) is 0 Å². The average molecular weight is 404 g/mol. The van der Waals surface area contributed by atoms with Crippen molar-refractivity contribution >= 4 is 11.9 Å². The van der Waals surface area contributed by atoms with Crippen molar-refractivity contribution in [2.45, 2.75) is 0 Å². The maximum absolute atomic E-state index is 14.0. The van der Waals surface area contributed by atoms with Gasteiger partial charge in [-0.1, -0.05) is 18.2 Å². The minimum atomic E-state index is -1.65. The quantitative estimate of drug-likeness (QED) is 0.643. The number of ether oxygens (including phenoxy) is 2. The van der Waals surface area contributed by atoms with E-state index in [-0.39, 0.29) is 5.69 Å². The van der Waals surface area contributed by atoms with E-state index in [1.807, 2.05) is 0 Å². The Morgan fingerprint density at radius 3 is 2.21 bits per heavy atom. The summed E-state index contributed by atoms with van der Waals surface area (Å²) < 4.78 is 38.4. The molecule has 1 heterocycles. The molecule has 0 amide bonds. The number of carbonyl (C=O) groups excluding carboxylic acids is 2. The Kier molecular flexibility index (Phi) is 5.18. The zero-order valence-electron chi connectivity index (χ0n) is 15.1. The number of nitrogens with zero attached hydrogens (tertiary/aromatic N) is 2. The van der Waals surface area contributed by atoms with Crippen molar-refractivity contribution in [3.63, 3.8) is 0 Å². The van der Waals surface area contributed by atoms with E-state index in [1.54, 1.807) is 30.3 Å². The highest BCUT2D eigenvalue weighted by atomic mass is 19.1. The van der Waals surface area contributed by atoms with Crippen molar-refractivity contribution in [3.8, 4) is 28.4 Å². The number of carbonyl (C=O) groups is 2. The molecule has 2 aromatic carbocycles. The van der Waals surface area contributed by atoms with E-state index in [2.05, 4.69) is 9.84 Å². The Balaban J connectivity index is 2.44. The molecule has 0 spiro atoms. The van der Waals surface area contributed by atoms with Gasteiger partial charge < -0.3 is 19.7 Å². The van der Waals surface area contributed by atoms with Crippen LogP contribution >= 0.6 is 0 Å². The van der Waals surface area contributed by atoms with Crippen LogP contribution in [0, 0.1) is 11.6 Å². The molecule has 2 N–H and O–H groups in total. The summed E-state index contributed by atoms with van der Waals surface area (Å²) in [5.74, 6) is -7.66. The summed E-state index contributed by atoms with van der Waals surface area (Å²) >= 11 is 0. The summed E-state index contributed by atoms with van der Waals surface area (Å²) in [6.07, 6.45) is 0. The lowest BCUT2D eigenvalue weighted by Crippen LogP contribution is -2.15. The maximum Gasteiger partial charge on any atom is 0.357 e. The third-order valence-corrected chi connectivity index (χ3v) is 4.08. The van der Waals surface area contributed by atoms with Gasteiger partial charge in [0.2, 0.25) is 5.82 Å². The summed E-state index contributed by atoms with van der Waals surface area (Å²) in [5, 5.41) is 23.5. The molecule has 0 aliphatic rings. The number of hydrogen-bond acceptors (Lipinski definition) is 7. The number of aromatic hydroxyl groups is 2. The van der Waals surface area contributed by atoms with Crippen molar-refractivity contribution in [2.24, 2.45) is 0 Å². The fourth-order valence-corrected chi connectivity index (χ4v) is 2.72. The summed E-state index contributed by atoms with van der Waals surface area (Å²) in [6, 6.07) is 8.66. The van der Waals surface area contributed by atoms with Gasteiger partial charge in [0.1, 0.15) is 11.3 Å². The number of esters is 2. The van der Waals surface area contributed by atoms with E-state index in [4.69, 9.17) is 4.74 Å². The van der Waals surface area contributed by atoms with Crippen LogP contribution in [0.1, 0.15) is 20.8 Å². The molecule has 8 nitrogen and oxygen atoms in total. The molecule has 0 fully saturated rings. The van der Waals surface area contributed by atoms with Crippen LogP contribution in [-0.4, -0.2) is 46.2 Å². The normalized spacial score (nSPS) is 10.6. The summed E-state index contributed by atoms with van der Waals surface area (Å²) in [4.78, 5) is 24.9. The second-order valence-electron chi connectivity index (χ2n) is 5.72. The van der Waals surface area contributed by atoms with Gasteiger partial charge in [0.05, 0.1) is 25.5 Å². The second kappa shape index (κ2) is 7.58. The molecule has 0 aliphatic carbocycles. The number of methoxy groups -OCH3 is 2. The van der Waals surface area contributed by atoms with Gasteiger partial charge in [0.15, 0.2) is 23.0 Å². The number of hydrogen-bond donors (Lipinski definition) is 2. The molecule has 150 valence electrons. The average Bonchev–Trinajstić information content (AvgIpc) is 3.14. The van der Waals surface area contributed by atoms with Gasteiger partial charge in [0, 0.05) is 0 Å². The van der Waals surface area contributed by atoms with Crippen LogP contribution in [-0.2, 0) is 9.47 Å². The zero-order valence-corrected chi connectivity index (χ0v) is 15.1. The molecule has 10 heteroatoms. The van der Waals surface area contributed by atoms with Crippen LogP contribution in [0.2, 0.25) is 0 Å². The SMILES string of the molecule is COC(=O)c1c(-c2cc(F)c(O)c(F)c2O)nn(-c2ccccc2)c1C(=O)OC. The Morgan fingerprint density at radius 1 is 1.00 bits per heavy atom. The Labute approximate surface area is 162 Å². The molecule has 3 rings (SSSR count). The van der Waals surface area contributed by atoms with Gasteiger partial charge in [-0.25, -0.2) is 18.7 Å². The fourth-order valence-electron chi connectivity index (χ4n) is 2.72. The van der Waals surface area contributed by atoms with Crippen molar-refractivity contribution in [1.29, 1.82) is 0 Å². The van der Waals surface area contributed by atoms with Crippen LogP contribution < -0.4 is 0 Å². The number of aromatic nitrogens is 2. The van der Waals surface area contributed by atoms with Gasteiger partial charge >= 0.3 is 11.9 Å². The molecular weight excluding hydrogens is 390 g/mol. The highest BCUT2D eigenvalue weighted by Crippen LogP contribution is 2.40. The van der Waals surface area contributed by atoms with Crippen molar-refractivity contribution in [3.05, 3.63) is 59.3 Å². The molecule has 3 aromatic rings. The topological polar surface area (TPSA) is 111 Å². The van der Waals surface area contributed by atoms with E-state index in [9.17, 15) is 28.6 Å². The molecule has 0 saturated carbocycles. The van der Waals surface area contributed by atoms with Gasteiger partial charge in [-0.05, 0) is 18.2 Å². The van der Waals surface area contributed by atoms with Gasteiger partial charge in [-0.3, -0.25) is 0 Å². The first-order valence-corrected chi connectivity index (χ1v) is 8.07. The third-order valence-electron chi connectivity index (χ3n) is 4.08. The lowest BCUT2D eigenvalue weighted by Gasteiger charge is -2.08. The van der Waals surface area contributed by atoms with E-state index >= 15 is 0 Å². The highest BCUT2D eigenvalue weighted by molar-refractivity contribution is 6.07. The second-order valence-corrected chi connectivity index (χ2v) is 5.72. The van der Waals surface area contributed by atoms with Gasteiger partial charge in [-0.2, -0.15) is 9.49 Å². The van der Waals surface area contributed by atoms with Crippen LogP contribution in [0.3, 0.4) is 0 Å². The molecule has 29 heavy (non-hydrogen) atoms. The number of para-hydroxylation sites is 1. The number of benzene rings is 2. The Morgan fingerprint density at radius 2 is 1.62 bits per heavy atom. The predicted octanol–water partition coefficient (Wildman–Crippen LogP) is 2.80. The molecule has 0 aliphatic heterocycles.